The van der Waals surface area contributed by atoms with Crippen molar-refractivity contribution in [2.75, 3.05) is 26.7 Å². The fraction of sp³-hybridized carbons (Fsp3) is 0.562. The van der Waals surface area contributed by atoms with Crippen LogP contribution in [0, 0.1) is 0 Å². The topological polar surface area (TPSA) is 60.9 Å². The Hall–Kier alpha value is -1.89. The summed E-state index contributed by atoms with van der Waals surface area (Å²) in [5, 5.41) is 2.08. The first-order valence-corrected chi connectivity index (χ1v) is 8.78. The summed E-state index contributed by atoms with van der Waals surface area (Å²) < 4.78 is 0. The average Bonchev–Trinajstić information content (AvgIpc) is 3.08. The highest BCUT2D eigenvalue weighted by molar-refractivity contribution is 7.10. The molecule has 1 aromatic rings. The van der Waals surface area contributed by atoms with E-state index < -0.39 is 0 Å². The van der Waals surface area contributed by atoms with E-state index in [1.807, 2.05) is 4.90 Å². The Balaban J connectivity index is 1.53. The van der Waals surface area contributed by atoms with Gasteiger partial charge >= 0.3 is 6.03 Å². The summed E-state index contributed by atoms with van der Waals surface area (Å²) in [5.74, 6) is -0.0824. The zero-order chi connectivity index (χ0) is 16.6. The summed E-state index contributed by atoms with van der Waals surface area (Å²) in [6.45, 7) is 3.26. The molecule has 6 nitrogen and oxygen atoms in total. The van der Waals surface area contributed by atoms with Gasteiger partial charge in [-0.2, -0.15) is 0 Å². The molecule has 3 rings (SSSR count). The first-order chi connectivity index (χ1) is 11.0. The van der Waals surface area contributed by atoms with Gasteiger partial charge in [-0.15, -0.1) is 11.3 Å². The van der Waals surface area contributed by atoms with Gasteiger partial charge in [-0.3, -0.25) is 14.5 Å². The van der Waals surface area contributed by atoms with E-state index in [1.54, 1.807) is 18.4 Å². The lowest BCUT2D eigenvalue weighted by Crippen LogP contribution is -2.39. The van der Waals surface area contributed by atoms with Crippen molar-refractivity contribution < 1.29 is 14.4 Å². The predicted molar refractivity (Wildman–Crippen MR) is 87.1 cm³/mol. The Labute approximate surface area is 139 Å². The summed E-state index contributed by atoms with van der Waals surface area (Å²) in [7, 11) is 1.61. The molecule has 0 radical (unpaired) electrons. The molecule has 1 atom stereocenters. The minimum Gasteiger partial charge on any atom is -0.336 e. The standard InChI is InChI=1S/C16H21N3O3S/c1-11-12-6-9-23-13(12)5-8-18(11)14(20)4-3-7-19-15(21)10-17(2)16(19)22/h6,9,11H,3-5,7-8,10H2,1-2H3. The van der Waals surface area contributed by atoms with Crippen LogP contribution in [0.3, 0.4) is 0 Å². The van der Waals surface area contributed by atoms with E-state index in [2.05, 4.69) is 18.4 Å². The van der Waals surface area contributed by atoms with Crippen LogP contribution in [-0.2, 0) is 16.0 Å². The highest BCUT2D eigenvalue weighted by Crippen LogP contribution is 2.33. The molecule has 4 amide bonds. The second kappa shape index (κ2) is 6.31. The normalized spacial score (nSPS) is 21.1. The van der Waals surface area contributed by atoms with Gasteiger partial charge in [-0.05, 0) is 36.8 Å². The van der Waals surface area contributed by atoms with Crippen molar-refractivity contribution in [2.45, 2.75) is 32.2 Å². The number of hydrogen-bond acceptors (Lipinski definition) is 4. The molecule has 0 aromatic carbocycles. The molecule has 0 spiro atoms. The first kappa shape index (κ1) is 16.0. The molecular weight excluding hydrogens is 314 g/mol. The lowest BCUT2D eigenvalue weighted by molar-refractivity contribution is -0.134. The fourth-order valence-corrected chi connectivity index (χ4v) is 4.23. The number of hydrogen-bond donors (Lipinski definition) is 0. The summed E-state index contributed by atoms with van der Waals surface area (Å²) in [6.07, 6.45) is 1.80. The van der Waals surface area contributed by atoms with Gasteiger partial charge in [0.15, 0.2) is 0 Å². The molecule has 1 aromatic heterocycles. The molecule has 2 aliphatic rings. The second-order valence-electron chi connectivity index (χ2n) is 6.10. The van der Waals surface area contributed by atoms with E-state index in [-0.39, 0.29) is 30.4 Å². The number of thiophene rings is 1. The molecule has 3 heterocycles. The first-order valence-electron chi connectivity index (χ1n) is 7.90. The van der Waals surface area contributed by atoms with Crippen molar-refractivity contribution in [1.29, 1.82) is 0 Å². The number of nitrogens with zero attached hydrogens (tertiary/aromatic N) is 3. The van der Waals surface area contributed by atoms with Gasteiger partial charge in [0.25, 0.3) is 0 Å². The molecule has 0 bridgehead atoms. The molecule has 1 saturated heterocycles. The third kappa shape index (κ3) is 2.97. The minimum atomic E-state index is -0.267. The van der Waals surface area contributed by atoms with Gasteiger partial charge in [0.2, 0.25) is 11.8 Å². The molecule has 124 valence electrons. The van der Waals surface area contributed by atoms with Crippen LogP contribution in [0.15, 0.2) is 11.4 Å². The summed E-state index contributed by atoms with van der Waals surface area (Å²) in [4.78, 5) is 41.9. The van der Waals surface area contributed by atoms with Crippen LogP contribution in [0.2, 0.25) is 0 Å². The Morgan fingerprint density at radius 3 is 2.87 bits per heavy atom. The number of imide groups is 1. The third-order valence-corrected chi connectivity index (χ3v) is 5.60. The number of amides is 4. The number of rotatable bonds is 4. The van der Waals surface area contributed by atoms with Gasteiger partial charge in [0, 0.05) is 31.4 Å². The number of carbonyl (C=O) groups excluding carboxylic acids is 3. The van der Waals surface area contributed by atoms with Crippen LogP contribution < -0.4 is 0 Å². The number of fused-ring (bicyclic) bond motifs is 1. The number of urea groups is 1. The maximum Gasteiger partial charge on any atom is 0.326 e. The van der Waals surface area contributed by atoms with Crippen molar-refractivity contribution in [2.24, 2.45) is 0 Å². The molecule has 0 saturated carbocycles. The highest BCUT2D eigenvalue weighted by Gasteiger charge is 2.33. The van der Waals surface area contributed by atoms with Crippen LogP contribution in [0.4, 0.5) is 4.79 Å². The van der Waals surface area contributed by atoms with Crippen molar-refractivity contribution in [3.63, 3.8) is 0 Å². The summed E-state index contributed by atoms with van der Waals surface area (Å²) in [5.41, 5.74) is 1.25. The van der Waals surface area contributed by atoms with Crippen LogP contribution in [0.1, 0.15) is 36.2 Å². The third-order valence-electron chi connectivity index (χ3n) is 4.60. The van der Waals surface area contributed by atoms with Gasteiger partial charge in [-0.1, -0.05) is 0 Å². The number of likely N-dealkylation sites (N-methyl/N-ethyl adjacent to an activating group) is 1. The summed E-state index contributed by atoms with van der Waals surface area (Å²) in [6, 6.07) is 1.94. The van der Waals surface area contributed by atoms with E-state index in [9.17, 15) is 14.4 Å². The molecule has 23 heavy (non-hydrogen) atoms. The monoisotopic (exact) mass is 335 g/mol. The molecule has 1 fully saturated rings. The lowest BCUT2D eigenvalue weighted by Gasteiger charge is -2.33. The highest BCUT2D eigenvalue weighted by atomic mass is 32.1. The van der Waals surface area contributed by atoms with Crippen molar-refractivity contribution in [3.8, 4) is 0 Å². The molecule has 0 N–H and O–H groups in total. The Morgan fingerprint density at radius 1 is 1.39 bits per heavy atom. The summed E-state index contributed by atoms with van der Waals surface area (Å²) >= 11 is 1.75. The van der Waals surface area contributed by atoms with Crippen molar-refractivity contribution in [1.82, 2.24) is 14.7 Å². The van der Waals surface area contributed by atoms with Gasteiger partial charge in [0.05, 0.1) is 6.04 Å². The molecule has 1 unspecified atom stereocenters. The Bertz CT molecular complexity index is 642. The van der Waals surface area contributed by atoms with E-state index in [4.69, 9.17) is 0 Å². The molecule has 0 aliphatic carbocycles. The molecular formula is C16H21N3O3S. The quantitative estimate of drug-likeness (QED) is 0.789. The van der Waals surface area contributed by atoms with E-state index in [0.717, 1.165) is 13.0 Å². The van der Waals surface area contributed by atoms with Crippen LogP contribution in [0.5, 0.6) is 0 Å². The van der Waals surface area contributed by atoms with Gasteiger partial charge in [-0.25, -0.2) is 4.79 Å². The van der Waals surface area contributed by atoms with Gasteiger partial charge in [0.1, 0.15) is 6.54 Å². The second-order valence-corrected chi connectivity index (χ2v) is 7.10. The smallest absolute Gasteiger partial charge is 0.326 e. The van der Waals surface area contributed by atoms with Crippen LogP contribution in [0.25, 0.3) is 0 Å². The van der Waals surface area contributed by atoms with Crippen LogP contribution >= 0.6 is 11.3 Å². The van der Waals surface area contributed by atoms with E-state index in [0.29, 0.717) is 19.4 Å². The van der Waals surface area contributed by atoms with E-state index >= 15 is 0 Å². The number of carbonyl (C=O) groups is 3. The maximum absolute atomic E-state index is 12.5. The van der Waals surface area contributed by atoms with Crippen LogP contribution in [-0.4, -0.2) is 59.2 Å². The zero-order valence-electron chi connectivity index (χ0n) is 13.4. The van der Waals surface area contributed by atoms with Crippen molar-refractivity contribution >= 4 is 29.2 Å². The predicted octanol–water partition coefficient (Wildman–Crippen LogP) is 1.87. The molecule has 2 aliphatic heterocycles. The Morgan fingerprint density at radius 2 is 2.17 bits per heavy atom. The SMILES string of the molecule is CC1c2ccsc2CCN1C(=O)CCCN1C(=O)CN(C)C1=O. The fourth-order valence-electron chi connectivity index (χ4n) is 3.27. The molecule has 7 heteroatoms. The zero-order valence-corrected chi connectivity index (χ0v) is 14.3. The van der Waals surface area contributed by atoms with Gasteiger partial charge < -0.3 is 9.80 Å². The average molecular weight is 335 g/mol. The Kier molecular flexibility index (Phi) is 4.39. The largest absolute Gasteiger partial charge is 0.336 e. The van der Waals surface area contributed by atoms with Crippen molar-refractivity contribution in [3.05, 3.63) is 21.9 Å². The maximum atomic E-state index is 12.5. The minimum absolute atomic E-state index is 0.0989. The van der Waals surface area contributed by atoms with E-state index in [1.165, 1.54) is 20.2 Å². The lowest BCUT2D eigenvalue weighted by atomic mass is 10.0.